The van der Waals surface area contributed by atoms with Crippen molar-refractivity contribution in [3.05, 3.63) is 70.2 Å². The first kappa shape index (κ1) is 26.1. The van der Waals surface area contributed by atoms with E-state index in [0.717, 1.165) is 11.1 Å². The van der Waals surface area contributed by atoms with E-state index in [1.807, 2.05) is 22.8 Å². The third kappa shape index (κ3) is 4.71. The van der Waals surface area contributed by atoms with Crippen molar-refractivity contribution in [2.75, 3.05) is 13.7 Å². The predicted molar refractivity (Wildman–Crippen MR) is 139 cm³/mol. The number of benzene rings is 2. The quantitative estimate of drug-likeness (QED) is 0.247. The van der Waals surface area contributed by atoms with Crippen molar-refractivity contribution in [2.45, 2.75) is 45.4 Å². The number of aromatic nitrogens is 4. The van der Waals surface area contributed by atoms with Gasteiger partial charge in [0, 0.05) is 23.5 Å². The molecular weight excluding hydrogens is 559 g/mol. The number of fused-ring (bicyclic) bond motifs is 1. The second kappa shape index (κ2) is 10.7. The molecule has 1 aliphatic heterocycles. The maximum atomic E-state index is 13.9. The molecule has 2 aromatic carbocycles. The average Bonchev–Trinajstić information content (AvgIpc) is 3.55. The Bertz CT molecular complexity index is 1490. The van der Waals surface area contributed by atoms with E-state index in [4.69, 9.17) is 18.6 Å². The van der Waals surface area contributed by atoms with Crippen LogP contribution in [0.4, 0.5) is 4.39 Å². The first-order valence-corrected chi connectivity index (χ1v) is 13.0. The lowest BCUT2D eigenvalue weighted by Crippen LogP contribution is -2.45. The van der Waals surface area contributed by atoms with Crippen LogP contribution in [0.3, 0.4) is 0 Å². The number of ether oxygens (including phenoxy) is 3. The molecule has 0 aliphatic carbocycles. The van der Waals surface area contributed by atoms with E-state index < -0.39 is 17.4 Å². The molecule has 1 unspecified atom stereocenters. The molecule has 0 radical (unpaired) electrons. The van der Waals surface area contributed by atoms with Crippen LogP contribution in [0.5, 0.6) is 5.75 Å². The van der Waals surface area contributed by atoms with Gasteiger partial charge in [-0.1, -0.05) is 22.0 Å². The zero-order chi connectivity index (χ0) is 26.9. The summed E-state index contributed by atoms with van der Waals surface area (Å²) in [7, 11) is 1.58. The number of aryl methyl sites for hydroxylation is 1. The molecular formula is C27H26BrFN4O5. The molecule has 2 aromatic heterocycles. The summed E-state index contributed by atoms with van der Waals surface area (Å²) in [4.78, 5) is 17.5. The Morgan fingerprint density at radius 1 is 1.24 bits per heavy atom. The van der Waals surface area contributed by atoms with Crippen LogP contribution >= 0.6 is 15.9 Å². The summed E-state index contributed by atoms with van der Waals surface area (Å²) in [5.74, 6) is 1.67. The monoisotopic (exact) mass is 584 g/mol. The zero-order valence-electron chi connectivity index (χ0n) is 21.2. The van der Waals surface area contributed by atoms with Gasteiger partial charge >= 0.3 is 5.97 Å². The molecule has 11 heteroatoms. The molecule has 0 spiro atoms. The van der Waals surface area contributed by atoms with Gasteiger partial charge in [-0.3, -0.25) is 0 Å². The highest BCUT2D eigenvalue weighted by molar-refractivity contribution is 9.10. The number of methoxy groups -OCH3 is 1. The van der Waals surface area contributed by atoms with Gasteiger partial charge in [-0.2, -0.15) is 0 Å². The normalized spacial score (nSPS) is 16.8. The van der Waals surface area contributed by atoms with Crippen molar-refractivity contribution in [3.63, 3.8) is 0 Å². The molecule has 198 valence electrons. The molecule has 1 atom stereocenters. The molecule has 9 nitrogen and oxygen atoms in total. The van der Waals surface area contributed by atoms with Gasteiger partial charge in [0.15, 0.2) is 23.3 Å². The van der Waals surface area contributed by atoms with Crippen molar-refractivity contribution in [1.82, 2.24) is 19.7 Å². The largest absolute Gasteiger partial charge is 0.496 e. The molecule has 5 rings (SSSR count). The maximum Gasteiger partial charge on any atom is 0.346 e. The summed E-state index contributed by atoms with van der Waals surface area (Å²) >= 11 is 3.43. The van der Waals surface area contributed by atoms with Gasteiger partial charge in [0.1, 0.15) is 11.6 Å². The summed E-state index contributed by atoms with van der Waals surface area (Å²) in [6, 6.07) is 9.92. The highest BCUT2D eigenvalue weighted by Crippen LogP contribution is 2.40. The fourth-order valence-electron chi connectivity index (χ4n) is 4.64. The Labute approximate surface area is 227 Å². The minimum atomic E-state index is -1.49. The zero-order valence-corrected chi connectivity index (χ0v) is 22.7. The molecule has 0 N–H and O–H groups in total. The smallest absolute Gasteiger partial charge is 0.346 e. The van der Waals surface area contributed by atoms with Gasteiger partial charge in [0.05, 0.1) is 32.1 Å². The summed E-state index contributed by atoms with van der Waals surface area (Å²) in [6.07, 6.45) is 2.62. The Morgan fingerprint density at radius 3 is 2.82 bits per heavy atom. The van der Waals surface area contributed by atoms with Gasteiger partial charge < -0.3 is 23.2 Å². The number of esters is 1. The number of rotatable bonds is 8. The first-order chi connectivity index (χ1) is 18.4. The van der Waals surface area contributed by atoms with Crippen LogP contribution in [0.25, 0.3) is 22.7 Å². The molecule has 38 heavy (non-hydrogen) atoms. The average molecular weight is 585 g/mol. The molecule has 0 bridgehead atoms. The van der Waals surface area contributed by atoms with E-state index in [9.17, 15) is 9.18 Å². The minimum Gasteiger partial charge on any atom is -0.496 e. The topological polar surface area (TPSA) is 102 Å². The van der Waals surface area contributed by atoms with E-state index in [2.05, 4.69) is 31.1 Å². The van der Waals surface area contributed by atoms with E-state index in [1.54, 1.807) is 33.2 Å². The Kier molecular flexibility index (Phi) is 7.31. The third-order valence-corrected chi connectivity index (χ3v) is 7.23. The fourth-order valence-corrected chi connectivity index (χ4v) is 5.00. The maximum absolute atomic E-state index is 13.9. The van der Waals surface area contributed by atoms with Gasteiger partial charge in [-0.15, -0.1) is 10.2 Å². The van der Waals surface area contributed by atoms with Crippen molar-refractivity contribution in [3.8, 4) is 28.5 Å². The van der Waals surface area contributed by atoms with Gasteiger partial charge in [0.25, 0.3) is 0 Å². The SMILES string of the molecule is CCOC(=O)C1(OCc2cc(F)ccc2Br)CCCn2c(-c3ccc(-c4cnc(C)o4)c(OC)c3)nnc21. The molecule has 0 saturated heterocycles. The first-order valence-electron chi connectivity index (χ1n) is 12.2. The summed E-state index contributed by atoms with van der Waals surface area (Å²) < 4.78 is 39.4. The molecule has 1 aliphatic rings. The third-order valence-electron chi connectivity index (χ3n) is 6.46. The number of hydrogen-bond donors (Lipinski definition) is 0. The minimum absolute atomic E-state index is 0.0293. The van der Waals surface area contributed by atoms with Crippen molar-refractivity contribution in [2.24, 2.45) is 0 Å². The van der Waals surface area contributed by atoms with Crippen molar-refractivity contribution in [1.29, 1.82) is 0 Å². The number of carbonyl (C=O) groups is 1. The molecule has 0 amide bonds. The van der Waals surface area contributed by atoms with Crippen LogP contribution in [0.15, 0.2) is 51.5 Å². The Morgan fingerprint density at radius 2 is 2.08 bits per heavy atom. The number of oxazole rings is 1. The molecule has 0 saturated carbocycles. The summed E-state index contributed by atoms with van der Waals surface area (Å²) in [5.41, 5.74) is 0.564. The van der Waals surface area contributed by atoms with Gasteiger partial charge in [-0.25, -0.2) is 14.2 Å². The van der Waals surface area contributed by atoms with E-state index in [1.165, 1.54) is 12.1 Å². The lowest BCUT2D eigenvalue weighted by molar-refractivity contribution is -0.181. The van der Waals surface area contributed by atoms with Crippen LogP contribution in [-0.2, 0) is 33.0 Å². The number of carbonyl (C=O) groups excluding carboxylic acids is 1. The van der Waals surface area contributed by atoms with Crippen LogP contribution in [0.2, 0.25) is 0 Å². The standard InChI is InChI=1S/C27H26BrFN4O5/c1-4-36-26(34)27(37-15-18-12-19(29)7-9-21(18)28)10-5-11-33-24(31-32-25(27)33)17-6-8-20(22(13-17)35-3)23-14-30-16(2)38-23/h6-9,12-14H,4-5,10-11,15H2,1-3H3. The van der Waals surface area contributed by atoms with Crippen LogP contribution in [0.1, 0.15) is 37.0 Å². The van der Waals surface area contributed by atoms with E-state index in [-0.39, 0.29) is 13.2 Å². The van der Waals surface area contributed by atoms with Gasteiger partial charge in [0.2, 0.25) is 5.60 Å². The summed E-state index contributed by atoms with van der Waals surface area (Å²) in [5, 5.41) is 8.85. The number of hydrogen-bond acceptors (Lipinski definition) is 8. The second-order valence-electron chi connectivity index (χ2n) is 8.83. The number of halogens is 2. The van der Waals surface area contributed by atoms with E-state index >= 15 is 0 Å². The Hall–Kier alpha value is -3.57. The highest BCUT2D eigenvalue weighted by Gasteiger charge is 2.50. The molecule has 3 heterocycles. The lowest BCUT2D eigenvalue weighted by atomic mass is 9.92. The van der Waals surface area contributed by atoms with Crippen molar-refractivity contribution >= 4 is 21.9 Å². The lowest BCUT2D eigenvalue weighted by Gasteiger charge is -2.34. The highest BCUT2D eigenvalue weighted by atomic mass is 79.9. The van der Waals surface area contributed by atoms with Crippen LogP contribution < -0.4 is 4.74 Å². The molecule has 0 fully saturated rings. The number of nitrogens with zero attached hydrogens (tertiary/aromatic N) is 4. The van der Waals surface area contributed by atoms with Crippen molar-refractivity contribution < 1.29 is 27.8 Å². The van der Waals surface area contributed by atoms with E-state index in [0.29, 0.717) is 58.5 Å². The van der Waals surface area contributed by atoms with Crippen LogP contribution in [0, 0.1) is 12.7 Å². The Balaban J connectivity index is 1.54. The molecule has 4 aromatic rings. The van der Waals surface area contributed by atoms with Gasteiger partial charge in [-0.05, 0) is 55.7 Å². The second-order valence-corrected chi connectivity index (χ2v) is 9.69. The van der Waals surface area contributed by atoms with Crippen LogP contribution in [-0.4, -0.2) is 39.4 Å². The predicted octanol–water partition coefficient (Wildman–Crippen LogP) is 5.59. The fraction of sp³-hybridized carbons (Fsp3) is 0.333. The summed E-state index contributed by atoms with van der Waals surface area (Å²) in [6.45, 7) is 4.24.